The average molecular weight is 195 g/mol. The lowest BCUT2D eigenvalue weighted by Gasteiger charge is -2.17. The normalized spacial score (nSPS) is 13.4. The topological polar surface area (TPSA) is 25.2 Å². The highest BCUT2D eigenvalue weighted by atomic mass is 16.3. The monoisotopic (exact) mass is 195 g/mol. The van der Waals surface area contributed by atoms with Crippen molar-refractivity contribution < 1.29 is 4.42 Å². The van der Waals surface area contributed by atoms with E-state index in [1.165, 1.54) is 6.42 Å². The van der Waals surface area contributed by atoms with E-state index in [0.29, 0.717) is 6.04 Å². The number of rotatable bonds is 6. The van der Waals surface area contributed by atoms with Crippen LogP contribution in [0.4, 0.5) is 0 Å². The van der Waals surface area contributed by atoms with Gasteiger partial charge in [0.05, 0.1) is 6.26 Å². The zero-order valence-electron chi connectivity index (χ0n) is 9.42. The van der Waals surface area contributed by atoms with Crippen molar-refractivity contribution in [3.8, 4) is 0 Å². The Balaban J connectivity index is 2.27. The first-order valence-electron chi connectivity index (χ1n) is 5.42. The fourth-order valence-electron chi connectivity index (χ4n) is 1.72. The van der Waals surface area contributed by atoms with Gasteiger partial charge < -0.3 is 9.73 Å². The fourth-order valence-corrected chi connectivity index (χ4v) is 1.72. The fraction of sp³-hybridized carbons (Fsp3) is 0.667. The molecule has 0 saturated carbocycles. The van der Waals surface area contributed by atoms with Gasteiger partial charge in [0.15, 0.2) is 0 Å². The molecule has 0 spiro atoms. The van der Waals surface area contributed by atoms with Gasteiger partial charge in [0, 0.05) is 12.5 Å². The Hall–Kier alpha value is -0.760. The lowest BCUT2D eigenvalue weighted by atomic mass is 9.99. The Kier molecular flexibility index (Phi) is 4.74. The van der Waals surface area contributed by atoms with E-state index in [-0.39, 0.29) is 0 Å². The summed E-state index contributed by atoms with van der Waals surface area (Å²) in [5.74, 6) is 1.85. The first kappa shape index (κ1) is 11.3. The zero-order chi connectivity index (χ0) is 10.4. The smallest absolute Gasteiger partial charge is 0.103 e. The van der Waals surface area contributed by atoms with Crippen LogP contribution in [0.1, 0.15) is 32.4 Å². The molecule has 0 amide bonds. The first-order chi connectivity index (χ1) is 6.72. The summed E-state index contributed by atoms with van der Waals surface area (Å²) in [5.41, 5.74) is 0. The molecule has 1 heterocycles. The Bertz CT molecular complexity index is 228. The molecule has 1 aromatic heterocycles. The summed E-state index contributed by atoms with van der Waals surface area (Å²) in [7, 11) is 2.04. The molecule has 0 bridgehead atoms. The lowest BCUT2D eigenvalue weighted by Crippen LogP contribution is -2.27. The van der Waals surface area contributed by atoms with Crippen LogP contribution in [0.25, 0.3) is 0 Å². The second kappa shape index (κ2) is 5.86. The second-order valence-corrected chi connectivity index (χ2v) is 4.23. The van der Waals surface area contributed by atoms with Crippen molar-refractivity contribution in [1.82, 2.24) is 5.32 Å². The zero-order valence-corrected chi connectivity index (χ0v) is 9.42. The van der Waals surface area contributed by atoms with Crippen molar-refractivity contribution in [3.63, 3.8) is 0 Å². The molecule has 1 N–H and O–H groups in total. The van der Waals surface area contributed by atoms with E-state index in [2.05, 4.69) is 19.2 Å². The number of furan rings is 1. The van der Waals surface area contributed by atoms with Gasteiger partial charge in [0.1, 0.15) is 5.76 Å². The van der Waals surface area contributed by atoms with Crippen LogP contribution in [0.15, 0.2) is 22.8 Å². The number of aryl methyl sites for hydroxylation is 1. The Morgan fingerprint density at radius 3 is 2.71 bits per heavy atom. The number of hydrogen-bond acceptors (Lipinski definition) is 2. The van der Waals surface area contributed by atoms with Gasteiger partial charge in [-0.3, -0.25) is 0 Å². The van der Waals surface area contributed by atoms with Gasteiger partial charge in [-0.25, -0.2) is 0 Å². The SMILES string of the molecule is CNC(CCc1ccco1)CC(C)C. The molecule has 0 radical (unpaired) electrons. The molecule has 1 rings (SSSR count). The van der Waals surface area contributed by atoms with Crippen molar-refractivity contribution in [1.29, 1.82) is 0 Å². The molecular formula is C12H21NO. The third-order valence-corrected chi connectivity index (χ3v) is 2.48. The van der Waals surface area contributed by atoms with Crippen molar-refractivity contribution >= 4 is 0 Å². The molecule has 1 aromatic rings. The van der Waals surface area contributed by atoms with Crippen LogP contribution in [0.5, 0.6) is 0 Å². The molecule has 1 unspecified atom stereocenters. The Morgan fingerprint density at radius 2 is 2.21 bits per heavy atom. The molecule has 0 fully saturated rings. The maximum atomic E-state index is 5.31. The molecule has 2 nitrogen and oxygen atoms in total. The summed E-state index contributed by atoms with van der Waals surface area (Å²) in [4.78, 5) is 0. The van der Waals surface area contributed by atoms with Crippen LogP contribution >= 0.6 is 0 Å². The molecule has 1 atom stereocenters. The molecule has 0 aliphatic rings. The standard InChI is InChI=1S/C12H21NO/c1-10(2)9-11(13-3)6-7-12-5-4-8-14-12/h4-5,8,10-11,13H,6-7,9H2,1-3H3. The van der Waals surface area contributed by atoms with E-state index in [4.69, 9.17) is 4.42 Å². The van der Waals surface area contributed by atoms with E-state index in [9.17, 15) is 0 Å². The molecule has 0 aliphatic carbocycles. The van der Waals surface area contributed by atoms with Crippen molar-refractivity contribution in [3.05, 3.63) is 24.2 Å². The van der Waals surface area contributed by atoms with Gasteiger partial charge in [-0.15, -0.1) is 0 Å². The van der Waals surface area contributed by atoms with Crippen molar-refractivity contribution in [2.45, 2.75) is 39.2 Å². The van der Waals surface area contributed by atoms with Crippen LogP contribution in [-0.2, 0) is 6.42 Å². The minimum Gasteiger partial charge on any atom is -0.469 e. The third kappa shape index (κ3) is 3.97. The van der Waals surface area contributed by atoms with Gasteiger partial charge in [0.25, 0.3) is 0 Å². The van der Waals surface area contributed by atoms with Gasteiger partial charge in [-0.1, -0.05) is 13.8 Å². The largest absolute Gasteiger partial charge is 0.469 e. The lowest BCUT2D eigenvalue weighted by molar-refractivity contribution is 0.404. The summed E-state index contributed by atoms with van der Waals surface area (Å²) < 4.78 is 5.31. The van der Waals surface area contributed by atoms with Crippen LogP contribution in [-0.4, -0.2) is 13.1 Å². The quantitative estimate of drug-likeness (QED) is 0.755. The van der Waals surface area contributed by atoms with Gasteiger partial charge in [0.2, 0.25) is 0 Å². The van der Waals surface area contributed by atoms with E-state index in [1.54, 1.807) is 6.26 Å². The maximum Gasteiger partial charge on any atom is 0.103 e. The molecule has 2 heteroatoms. The number of hydrogen-bond donors (Lipinski definition) is 1. The molecule has 0 saturated heterocycles. The summed E-state index contributed by atoms with van der Waals surface area (Å²) in [5, 5.41) is 3.35. The maximum absolute atomic E-state index is 5.31. The molecule has 0 aliphatic heterocycles. The molecular weight excluding hydrogens is 174 g/mol. The van der Waals surface area contributed by atoms with Crippen LogP contribution < -0.4 is 5.32 Å². The van der Waals surface area contributed by atoms with E-state index in [1.807, 2.05) is 19.2 Å². The van der Waals surface area contributed by atoms with E-state index < -0.39 is 0 Å². The summed E-state index contributed by atoms with van der Waals surface area (Å²) in [6.45, 7) is 4.52. The highest BCUT2D eigenvalue weighted by Crippen LogP contribution is 2.11. The minimum atomic E-state index is 0.611. The van der Waals surface area contributed by atoms with Crippen molar-refractivity contribution in [2.24, 2.45) is 5.92 Å². The summed E-state index contributed by atoms with van der Waals surface area (Å²) in [6, 6.07) is 4.61. The number of nitrogens with one attached hydrogen (secondary N) is 1. The van der Waals surface area contributed by atoms with E-state index in [0.717, 1.165) is 24.5 Å². The third-order valence-electron chi connectivity index (χ3n) is 2.48. The second-order valence-electron chi connectivity index (χ2n) is 4.23. The summed E-state index contributed by atoms with van der Waals surface area (Å²) >= 11 is 0. The molecule has 0 aromatic carbocycles. The van der Waals surface area contributed by atoms with Crippen LogP contribution in [0.2, 0.25) is 0 Å². The minimum absolute atomic E-state index is 0.611. The predicted octanol–water partition coefficient (Wildman–Crippen LogP) is 2.85. The van der Waals surface area contributed by atoms with Crippen molar-refractivity contribution in [2.75, 3.05) is 7.05 Å². The highest BCUT2D eigenvalue weighted by molar-refractivity contribution is 4.98. The summed E-state index contributed by atoms with van der Waals surface area (Å²) in [6.07, 6.45) is 5.16. The highest BCUT2D eigenvalue weighted by Gasteiger charge is 2.09. The molecule has 14 heavy (non-hydrogen) atoms. The van der Waals surface area contributed by atoms with Crippen LogP contribution in [0.3, 0.4) is 0 Å². The Morgan fingerprint density at radius 1 is 1.43 bits per heavy atom. The van der Waals surface area contributed by atoms with Gasteiger partial charge >= 0.3 is 0 Å². The van der Waals surface area contributed by atoms with E-state index >= 15 is 0 Å². The Labute approximate surface area is 86.7 Å². The van der Waals surface area contributed by atoms with Gasteiger partial charge in [-0.05, 0) is 37.9 Å². The predicted molar refractivity (Wildman–Crippen MR) is 59.3 cm³/mol. The van der Waals surface area contributed by atoms with Crippen LogP contribution in [0, 0.1) is 5.92 Å². The van der Waals surface area contributed by atoms with Gasteiger partial charge in [-0.2, -0.15) is 0 Å². The first-order valence-corrected chi connectivity index (χ1v) is 5.42. The molecule has 80 valence electrons. The average Bonchev–Trinajstić information content (AvgIpc) is 2.64.